The minimum Gasteiger partial charge on any atom is -0.507 e. The van der Waals surface area contributed by atoms with Gasteiger partial charge in [-0.05, 0) is 49.7 Å². The topological polar surface area (TPSA) is 79.3 Å². The molecular weight excluding hydrogens is 475 g/mol. The predicted octanol–water partition coefficient (Wildman–Crippen LogP) is 4.02. The molecule has 0 unspecified atom stereocenters. The fourth-order valence-electron chi connectivity index (χ4n) is 4.36. The lowest BCUT2D eigenvalue weighted by Crippen LogP contribution is -2.42. The number of nitrogens with zero attached hydrogens (tertiary/aromatic N) is 2. The molecule has 1 atom stereocenters. The van der Waals surface area contributed by atoms with Crippen LogP contribution in [0.1, 0.15) is 31.0 Å². The maximum Gasteiger partial charge on any atom is 0.295 e. The number of aliphatic hydroxyl groups excluding tert-OH is 1. The van der Waals surface area contributed by atoms with Crippen molar-refractivity contribution in [2.24, 2.45) is 0 Å². The number of halogens is 2. The van der Waals surface area contributed by atoms with Crippen molar-refractivity contribution in [2.75, 3.05) is 39.4 Å². The Labute approximate surface area is 208 Å². The first-order valence-corrected chi connectivity index (χ1v) is 11.9. The van der Waals surface area contributed by atoms with Crippen molar-refractivity contribution in [2.45, 2.75) is 26.0 Å². The van der Waals surface area contributed by atoms with Crippen LogP contribution in [0.4, 0.5) is 4.39 Å². The molecule has 4 rings (SSSR count). The van der Waals surface area contributed by atoms with Crippen molar-refractivity contribution in [3.8, 4) is 5.75 Å². The molecule has 9 heteroatoms. The van der Waals surface area contributed by atoms with E-state index in [0.717, 1.165) is 19.2 Å². The molecule has 0 aromatic heterocycles. The van der Waals surface area contributed by atoms with Crippen molar-refractivity contribution >= 4 is 29.1 Å². The molecule has 7 nitrogen and oxygen atoms in total. The summed E-state index contributed by atoms with van der Waals surface area (Å²) in [5, 5.41) is 11.6. The minimum atomic E-state index is -0.857. The Morgan fingerprint density at radius 1 is 1.17 bits per heavy atom. The highest BCUT2D eigenvalue weighted by Crippen LogP contribution is 2.40. The van der Waals surface area contributed by atoms with Crippen molar-refractivity contribution in [3.63, 3.8) is 0 Å². The Hall–Kier alpha value is -2.94. The van der Waals surface area contributed by atoms with E-state index < -0.39 is 29.3 Å². The molecule has 0 spiro atoms. The summed E-state index contributed by atoms with van der Waals surface area (Å²) in [4.78, 5) is 29.8. The Balaban J connectivity index is 1.73. The molecule has 2 aliphatic heterocycles. The van der Waals surface area contributed by atoms with Crippen LogP contribution >= 0.6 is 11.6 Å². The number of rotatable bonds is 7. The molecule has 35 heavy (non-hydrogen) atoms. The summed E-state index contributed by atoms with van der Waals surface area (Å²) >= 11 is 6.21. The standard InChI is InChI=1S/C26H28ClFN2O5/c1-16(2)35-21-7-6-18(15-20(21)28)24(31)22-23(17-4-3-5-19(27)14-17)30(26(33)25(22)32)9-8-29-10-12-34-13-11-29/h3-7,14-16,23,31H,8-13H2,1-2H3/t23-/m0/s1. The smallest absolute Gasteiger partial charge is 0.295 e. The van der Waals surface area contributed by atoms with Gasteiger partial charge in [0.1, 0.15) is 5.76 Å². The molecule has 2 aromatic rings. The van der Waals surface area contributed by atoms with E-state index in [1.54, 1.807) is 38.1 Å². The van der Waals surface area contributed by atoms with E-state index in [1.165, 1.54) is 17.0 Å². The van der Waals surface area contributed by atoms with Gasteiger partial charge in [0.25, 0.3) is 11.7 Å². The van der Waals surface area contributed by atoms with Crippen LogP contribution in [0.15, 0.2) is 48.0 Å². The average molecular weight is 503 g/mol. The largest absolute Gasteiger partial charge is 0.507 e. The summed E-state index contributed by atoms with van der Waals surface area (Å²) in [6.45, 7) is 7.05. The molecule has 1 N–H and O–H groups in total. The summed E-state index contributed by atoms with van der Waals surface area (Å²) in [6, 6.07) is 9.92. The highest BCUT2D eigenvalue weighted by Gasteiger charge is 2.46. The van der Waals surface area contributed by atoms with E-state index in [4.69, 9.17) is 21.1 Å². The van der Waals surface area contributed by atoms with Crippen molar-refractivity contribution in [1.29, 1.82) is 0 Å². The number of carbonyl (C=O) groups excluding carboxylic acids is 2. The fraction of sp³-hybridized carbons (Fsp3) is 0.385. The number of amides is 1. The number of hydrogen-bond acceptors (Lipinski definition) is 6. The van der Waals surface area contributed by atoms with Gasteiger partial charge in [-0.2, -0.15) is 0 Å². The van der Waals surface area contributed by atoms with Gasteiger partial charge in [-0.25, -0.2) is 4.39 Å². The molecule has 2 heterocycles. The van der Waals surface area contributed by atoms with Crippen molar-refractivity contribution < 1.29 is 28.6 Å². The molecule has 0 radical (unpaired) electrons. The highest BCUT2D eigenvalue weighted by molar-refractivity contribution is 6.46. The molecule has 2 fully saturated rings. The van der Waals surface area contributed by atoms with Crippen LogP contribution in [0.2, 0.25) is 5.02 Å². The molecule has 186 valence electrons. The zero-order valence-electron chi connectivity index (χ0n) is 19.7. The Bertz CT molecular complexity index is 1150. The van der Waals surface area contributed by atoms with Crippen molar-refractivity contribution in [1.82, 2.24) is 9.80 Å². The van der Waals surface area contributed by atoms with Crippen LogP contribution in [0, 0.1) is 5.82 Å². The lowest BCUT2D eigenvalue weighted by molar-refractivity contribution is -0.140. The highest BCUT2D eigenvalue weighted by atomic mass is 35.5. The molecule has 0 bridgehead atoms. The van der Waals surface area contributed by atoms with Crippen LogP contribution in [0.3, 0.4) is 0 Å². The third-order valence-electron chi connectivity index (χ3n) is 6.03. The van der Waals surface area contributed by atoms with E-state index in [0.29, 0.717) is 30.3 Å². The normalized spacial score (nSPS) is 20.6. The molecular formula is C26H28ClFN2O5. The SMILES string of the molecule is CC(C)Oc1ccc(C(O)=C2C(=O)C(=O)N(CCN3CCOCC3)[C@H]2c2cccc(Cl)c2)cc1F. The number of hydrogen-bond donors (Lipinski definition) is 1. The Kier molecular flexibility index (Phi) is 7.74. The summed E-state index contributed by atoms with van der Waals surface area (Å²) in [7, 11) is 0. The van der Waals surface area contributed by atoms with Gasteiger partial charge in [-0.15, -0.1) is 0 Å². The zero-order chi connectivity index (χ0) is 25.1. The lowest BCUT2D eigenvalue weighted by Gasteiger charge is -2.31. The molecule has 0 saturated carbocycles. The average Bonchev–Trinajstić information content (AvgIpc) is 3.09. The Morgan fingerprint density at radius 2 is 1.91 bits per heavy atom. The summed E-state index contributed by atoms with van der Waals surface area (Å²) in [6.07, 6.45) is -0.233. The number of aliphatic hydroxyl groups is 1. The molecule has 2 aromatic carbocycles. The summed E-state index contributed by atoms with van der Waals surface area (Å²) in [5.41, 5.74) is 0.563. The van der Waals surface area contributed by atoms with Gasteiger partial charge >= 0.3 is 0 Å². The maximum atomic E-state index is 14.7. The molecule has 1 amide bonds. The Morgan fingerprint density at radius 3 is 2.57 bits per heavy atom. The van der Waals surface area contributed by atoms with Gasteiger partial charge < -0.3 is 19.5 Å². The van der Waals surface area contributed by atoms with Crippen LogP contribution in [0.25, 0.3) is 5.76 Å². The minimum absolute atomic E-state index is 0.0360. The number of carbonyl (C=O) groups is 2. The van der Waals surface area contributed by atoms with E-state index in [9.17, 15) is 19.1 Å². The number of ketones is 1. The van der Waals surface area contributed by atoms with Crippen LogP contribution in [-0.2, 0) is 14.3 Å². The first-order chi connectivity index (χ1) is 16.8. The van der Waals surface area contributed by atoms with Gasteiger partial charge in [0, 0.05) is 36.8 Å². The van der Waals surface area contributed by atoms with Gasteiger partial charge in [-0.1, -0.05) is 23.7 Å². The molecule has 2 saturated heterocycles. The fourth-order valence-corrected chi connectivity index (χ4v) is 4.56. The van der Waals surface area contributed by atoms with Crippen molar-refractivity contribution in [3.05, 3.63) is 70.0 Å². The predicted molar refractivity (Wildman–Crippen MR) is 130 cm³/mol. The summed E-state index contributed by atoms with van der Waals surface area (Å²) < 4.78 is 25.5. The maximum absolute atomic E-state index is 14.7. The lowest BCUT2D eigenvalue weighted by atomic mass is 9.95. The second-order valence-electron chi connectivity index (χ2n) is 8.81. The number of morpholine rings is 1. The molecule has 2 aliphatic rings. The number of ether oxygens (including phenoxy) is 2. The van der Waals surface area contributed by atoms with E-state index in [1.807, 2.05) is 0 Å². The van der Waals surface area contributed by atoms with E-state index in [2.05, 4.69) is 4.90 Å². The van der Waals surface area contributed by atoms with Gasteiger partial charge in [0.15, 0.2) is 11.6 Å². The van der Waals surface area contributed by atoms with Gasteiger partial charge in [0.05, 0.1) is 30.9 Å². The first kappa shape index (κ1) is 25.2. The number of likely N-dealkylation sites (tertiary alicyclic amines) is 1. The third-order valence-corrected chi connectivity index (χ3v) is 6.27. The second-order valence-corrected chi connectivity index (χ2v) is 9.25. The van der Waals surface area contributed by atoms with E-state index in [-0.39, 0.29) is 29.5 Å². The number of benzene rings is 2. The zero-order valence-corrected chi connectivity index (χ0v) is 20.4. The quantitative estimate of drug-likeness (QED) is 0.350. The number of Topliss-reactive ketones (excluding diaryl/α,β-unsaturated/α-hetero) is 1. The summed E-state index contributed by atoms with van der Waals surface area (Å²) in [5.74, 6) is -2.63. The van der Waals surface area contributed by atoms with Crippen LogP contribution in [-0.4, -0.2) is 72.1 Å². The third kappa shape index (κ3) is 5.50. The van der Waals surface area contributed by atoms with E-state index >= 15 is 0 Å². The first-order valence-electron chi connectivity index (χ1n) is 11.6. The van der Waals surface area contributed by atoms with Crippen LogP contribution < -0.4 is 4.74 Å². The second kappa shape index (κ2) is 10.8. The van der Waals surface area contributed by atoms with Crippen LogP contribution in [0.5, 0.6) is 5.75 Å². The van der Waals surface area contributed by atoms with Gasteiger partial charge in [-0.3, -0.25) is 14.5 Å². The van der Waals surface area contributed by atoms with Gasteiger partial charge in [0.2, 0.25) is 0 Å². The molecule has 0 aliphatic carbocycles. The monoisotopic (exact) mass is 502 g/mol.